The van der Waals surface area contributed by atoms with Crippen molar-refractivity contribution in [3.05, 3.63) is 45.2 Å². The molecule has 2 aromatic rings. The third kappa shape index (κ3) is 3.46. The van der Waals surface area contributed by atoms with Gasteiger partial charge in [-0.15, -0.1) is 11.3 Å². The standard InChI is InChI=1S/C12H9ClFNO2S2/c1-6-10(11(16)17)19-12(15-6)18-5-7-2-3-8(13)4-9(7)14/h2-4H,5H2,1H3,(H,16,17). The Morgan fingerprint density at radius 3 is 2.89 bits per heavy atom. The van der Waals surface area contributed by atoms with Crippen molar-refractivity contribution in [2.75, 3.05) is 0 Å². The van der Waals surface area contributed by atoms with Crippen LogP contribution in [-0.2, 0) is 5.75 Å². The Morgan fingerprint density at radius 1 is 1.58 bits per heavy atom. The van der Waals surface area contributed by atoms with Gasteiger partial charge < -0.3 is 5.11 Å². The van der Waals surface area contributed by atoms with Crippen LogP contribution in [0.5, 0.6) is 0 Å². The fourth-order valence-corrected chi connectivity index (χ4v) is 3.58. The normalized spacial score (nSPS) is 10.7. The van der Waals surface area contributed by atoms with Gasteiger partial charge in [0.05, 0.1) is 5.69 Å². The first-order chi connectivity index (χ1) is 8.97. The van der Waals surface area contributed by atoms with Gasteiger partial charge in [-0.2, -0.15) is 0 Å². The SMILES string of the molecule is Cc1nc(SCc2ccc(Cl)cc2F)sc1C(=O)O. The smallest absolute Gasteiger partial charge is 0.347 e. The molecule has 1 heterocycles. The lowest BCUT2D eigenvalue weighted by Gasteiger charge is -2.01. The summed E-state index contributed by atoms with van der Waals surface area (Å²) in [6.45, 7) is 1.65. The Bertz CT molecular complexity index is 630. The van der Waals surface area contributed by atoms with E-state index in [1.54, 1.807) is 19.1 Å². The second kappa shape index (κ2) is 5.90. The molecule has 0 atom stereocenters. The average Bonchev–Trinajstić information content (AvgIpc) is 2.69. The van der Waals surface area contributed by atoms with E-state index in [2.05, 4.69) is 4.98 Å². The van der Waals surface area contributed by atoms with Crippen LogP contribution in [0.1, 0.15) is 20.9 Å². The molecule has 0 aliphatic heterocycles. The second-order valence-corrected chi connectivity index (χ2v) is 6.38. The number of aryl methyl sites for hydroxylation is 1. The van der Waals surface area contributed by atoms with Crippen LogP contribution in [0, 0.1) is 12.7 Å². The molecule has 100 valence electrons. The summed E-state index contributed by atoms with van der Waals surface area (Å²) in [5, 5.41) is 9.28. The molecule has 19 heavy (non-hydrogen) atoms. The Morgan fingerprint density at radius 2 is 2.32 bits per heavy atom. The number of aromatic carboxylic acids is 1. The molecule has 0 aliphatic carbocycles. The number of hydrogen-bond acceptors (Lipinski definition) is 4. The van der Waals surface area contributed by atoms with Crippen LogP contribution >= 0.6 is 34.7 Å². The molecule has 0 amide bonds. The number of thiazole rings is 1. The van der Waals surface area contributed by atoms with Crippen molar-refractivity contribution in [2.45, 2.75) is 17.0 Å². The van der Waals surface area contributed by atoms with Crippen LogP contribution in [0.4, 0.5) is 4.39 Å². The minimum absolute atomic E-state index is 0.221. The van der Waals surface area contributed by atoms with Crippen LogP contribution in [-0.4, -0.2) is 16.1 Å². The highest BCUT2D eigenvalue weighted by molar-refractivity contribution is 8.00. The lowest BCUT2D eigenvalue weighted by Crippen LogP contribution is -1.94. The number of aromatic nitrogens is 1. The molecule has 2 rings (SSSR count). The summed E-state index contributed by atoms with van der Waals surface area (Å²) in [5.41, 5.74) is 0.996. The summed E-state index contributed by atoms with van der Waals surface area (Å²) in [6, 6.07) is 4.49. The Hall–Kier alpha value is -1.11. The maximum Gasteiger partial charge on any atom is 0.347 e. The third-order valence-electron chi connectivity index (χ3n) is 2.34. The van der Waals surface area contributed by atoms with E-state index in [-0.39, 0.29) is 10.7 Å². The summed E-state index contributed by atoms with van der Waals surface area (Å²) in [6.07, 6.45) is 0. The zero-order valence-electron chi connectivity index (χ0n) is 9.81. The van der Waals surface area contributed by atoms with E-state index in [1.165, 1.54) is 17.8 Å². The van der Waals surface area contributed by atoms with Crippen molar-refractivity contribution >= 4 is 40.7 Å². The van der Waals surface area contributed by atoms with Gasteiger partial charge in [0.1, 0.15) is 10.7 Å². The lowest BCUT2D eigenvalue weighted by molar-refractivity contribution is 0.0701. The first-order valence-electron chi connectivity index (χ1n) is 5.25. The topological polar surface area (TPSA) is 50.2 Å². The van der Waals surface area contributed by atoms with Crippen molar-refractivity contribution in [1.82, 2.24) is 4.98 Å². The highest BCUT2D eigenvalue weighted by atomic mass is 35.5. The van der Waals surface area contributed by atoms with Crippen molar-refractivity contribution < 1.29 is 14.3 Å². The van der Waals surface area contributed by atoms with E-state index in [0.29, 0.717) is 26.4 Å². The van der Waals surface area contributed by atoms with Crippen LogP contribution < -0.4 is 0 Å². The number of benzene rings is 1. The quantitative estimate of drug-likeness (QED) is 0.857. The first kappa shape index (κ1) is 14.3. The van der Waals surface area contributed by atoms with Crippen LogP contribution in [0.3, 0.4) is 0 Å². The molecule has 0 aliphatic rings. The molecule has 0 unspecified atom stereocenters. The third-order valence-corrected chi connectivity index (χ3v) is 4.91. The Kier molecular flexibility index (Phi) is 4.44. The van der Waals surface area contributed by atoms with Gasteiger partial charge in [-0.1, -0.05) is 29.4 Å². The molecule has 1 N–H and O–H groups in total. The van der Waals surface area contributed by atoms with Gasteiger partial charge in [-0.25, -0.2) is 14.2 Å². The van der Waals surface area contributed by atoms with Crippen LogP contribution in [0.2, 0.25) is 5.02 Å². The van der Waals surface area contributed by atoms with Crippen molar-refractivity contribution in [3.63, 3.8) is 0 Å². The first-order valence-corrected chi connectivity index (χ1v) is 7.43. The minimum atomic E-state index is -0.987. The Balaban J connectivity index is 2.10. The predicted octanol–water partition coefficient (Wildman–Crippen LogP) is 4.23. The molecule has 1 aromatic carbocycles. The van der Waals surface area contributed by atoms with Gasteiger partial charge >= 0.3 is 5.97 Å². The number of rotatable bonds is 4. The summed E-state index contributed by atoms with van der Waals surface area (Å²) < 4.78 is 14.2. The molecule has 0 saturated carbocycles. The van der Waals surface area contributed by atoms with Gasteiger partial charge in [0.2, 0.25) is 0 Å². The molecular weight excluding hydrogens is 309 g/mol. The molecule has 0 fully saturated rings. The van der Waals surface area contributed by atoms with Gasteiger partial charge in [0.25, 0.3) is 0 Å². The highest BCUT2D eigenvalue weighted by Gasteiger charge is 2.14. The van der Waals surface area contributed by atoms with Gasteiger partial charge in [0.15, 0.2) is 4.34 Å². The second-order valence-electron chi connectivity index (χ2n) is 3.72. The number of carbonyl (C=O) groups is 1. The number of hydrogen-bond donors (Lipinski definition) is 1. The van der Waals surface area contributed by atoms with E-state index in [1.807, 2.05) is 0 Å². The number of thioether (sulfide) groups is 1. The average molecular weight is 318 g/mol. The van der Waals surface area contributed by atoms with Crippen molar-refractivity contribution in [1.29, 1.82) is 0 Å². The molecule has 0 saturated heterocycles. The minimum Gasteiger partial charge on any atom is -0.477 e. The van der Waals surface area contributed by atoms with Crippen LogP contribution in [0.25, 0.3) is 0 Å². The van der Waals surface area contributed by atoms with E-state index in [4.69, 9.17) is 16.7 Å². The van der Waals surface area contributed by atoms with Gasteiger partial charge in [-0.3, -0.25) is 0 Å². The van der Waals surface area contributed by atoms with Crippen molar-refractivity contribution in [2.24, 2.45) is 0 Å². The van der Waals surface area contributed by atoms with E-state index >= 15 is 0 Å². The molecule has 0 spiro atoms. The maximum absolute atomic E-state index is 13.6. The zero-order chi connectivity index (χ0) is 14.0. The molecule has 0 radical (unpaired) electrons. The van der Waals surface area contributed by atoms with Crippen LogP contribution in [0.15, 0.2) is 22.5 Å². The number of carboxylic acid groups (broad SMARTS) is 1. The fraction of sp³-hybridized carbons (Fsp3) is 0.167. The highest BCUT2D eigenvalue weighted by Crippen LogP contribution is 2.30. The lowest BCUT2D eigenvalue weighted by atomic mass is 10.2. The fourth-order valence-electron chi connectivity index (χ4n) is 1.41. The molecule has 0 bridgehead atoms. The molecular formula is C12H9ClFNO2S2. The maximum atomic E-state index is 13.6. The summed E-state index contributed by atoms with van der Waals surface area (Å²) in [4.78, 5) is 15.3. The number of carboxylic acids is 1. The van der Waals surface area contributed by atoms with Gasteiger partial charge in [0, 0.05) is 10.8 Å². The summed E-state index contributed by atoms with van der Waals surface area (Å²) >= 11 is 8.08. The zero-order valence-corrected chi connectivity index (χ0v) is 12.2. The number of nitrogens with zero attached hydrogens (tertiary/aromatic N) is 1. The molecule has 7 heteroatoms. The Labute approximate surface area is 122 Å². The van der Waals surface area contributed by atoms with Crippen molar-refractivity contribution in [3.8, 4) is 0 Å². The van der Waals surface area contributed by atoms with Gasteiger partial charge in [-0.05, 0) is 24.6 Å². The summed E-state index contributed by atoms with van der Waals surface area (Å²) in [5.74, 6) is -0.971. The summed E-state index contributed by atoms with van der Waals surface area (Å²) in [7, 11) is 0. The van der Waals surface area contributed by atoms with E-state index < -0.39 is 5.97 Å². The van der Waals surface area contributed by atoms with E-state index in [0.717, 1.165) is 11.3 Å². The van der Waals surface area contributed by atoms with E-state index in [9.17, 15) is 9.18 Å². The predicted molar refractivity (Wildman–Crippen MR) is 74.8 cm³/mol. The monoisotopic (exact) mass is 317 g/mol. The largest absolute Gasteiger partial charge is 0.477 e. The molecule has 3 nitrogen and oxygen atoms in total. The number of halogens is 2. The molecule has 1 aromatic heterocycles.